The van der Waals surface area contributed by atoms with Gasteiger partial charge in [-0.05, 0) is 11.6 Å². The summed E-state index contributed by atoms with van der Waals surface area (Å²) in [6.07, 6.45) is 2.68. The van der Waals surface area contributed by atoms with Gasteiger partial charge in [0.2, 0.25) is 0 Å². The molecule has 0 spiro atoms. The maximum absolute atomic E-state index is 10.1. The monoisotopic (exact) mass is 206 g/mol. The molecule has 1 rings (SSSR count). The van der Waals surface area contributed by atoms with Crippen molar-refractivity contribution in [3.05, 3.63) is 42.0 Å². The molecule has 0 aliphatic rings. The van der Waals surface area contributed by atoms with E-state index in [9.17, 15) is 4.79 Å². The van der Waals surface area contributed by atoms with Crippen molar-refractivity contribution in [3.63, 3.8) is 0 Å². The molecule has 0 aromatic heterocycles. The van der Waals surface area contributed by atoms with Crippen molar-refractivity contribution in [1.82, 2.24) is 0 Å². The van der Waals surface area contributed by atoms with Crippen LogP contribution in [0.2, 0.25) is 0 Å². The Morgan fingerprint density at radius 1 is 1.25 bits per heavy atom. The maximum atomic E-state index is 10.1. The van der Waals surface area contributed by atoms with Crippen LogP contribution in [-0.4, -0.2) is 11.1 Å². The Kier molecular flexibility index (Phi) is 5.06. The van der Waals surface area contributed by atoms with Gasteiger partial charge in [-0.25, -0.2) is 4.79 Å². The molecule has 3 heteroatoms. The van der Waals surface area contributed by atoms with Crippen molar-refractivity contribution >= 4 is 12.0 Å². The summed E-state index contributed by atoms with van der Waals surface area (Å²) in [7, 11) is 0. The van der Waals surface area contributed by atoms with Crippen LogP contribution in [0.5, 0.6) is 0 Å². The fourth-order valence-corrected chi connectivity index (χ4v) is 0.732. The van der Waals surface area contributed by atoms with E-state index in [4.69, 9.17) is 5.11 Å². The molecule has 0 aliphatic carbocycles. The zero-order valence-electron chi connectivity index (χ0n) is 6.21. The first-order valence-electron chi connectivity index (χ1n) is 3.25. The van der Waals surface area contributed by atoms with Gasteiger partial charge >= 0.3 is 5.97 Å². The fraction of sp³-hybridized carbons (Fsp3) is 0. The van der Waals surface area contributed by atoms with E-state index in [1.54, 1.807) is 6.08 Å². The number of benzene rings is 1. The molecule has 1 aromatic rings. The van der Waals surface area contributed by atoms with Crippen molar-refractivity contribution in [2.24, 2.45) is 0 Å². The molecule has 0 saturated heterocycles. The molecule has 2 nitrogen and oxygen atoms in total. The van der Waals surface area contributed by atoms with Gasteiger partial charge in [0.1, 0.15) is 0 Å². The number of carboxylic acid groups (broad SMARTS) is 1. The molecule has 0 unspecified atom stereocenters. The standard InChI is InChI=1S/C9H8O2.Ni/c10-9(11)7-6-8-4-2-1-3-5-8;/h1-7H,(H,10,11);/b7-6+;. The number of carbonyl (C=O) groups is 1. The van der Waals surface area contributed by atoms with Crippen LogP contribution < -0.4 is 0 Å². The van der Waals surface area contributed by atoms with Gasteiger partial charge in [0, 0.05) is 22.6 Å². The van der Waals surface area contributed by atoms with Crippen LogP contribution >= 0.6 is 0 Å². The van der Waals surface area contributed by atoms with Crippen molar-refractivity contribution in [3.8, 4) is 0 Å². The van der Waals surface area contributed by atoms with E-state index in [2.05, 4.69) is 0 Å². The minimum atomic E-state index is -0.922. The number of carboxylic acids is 1. The summed E-state index contributed by atoms with van der Waals surface area (Å²) >= 11 is 0. The largest absolute Gasteiger partial charge is 0.478 e. The minimum Gasteiger partial charge on any atom is -0.478 e. The average molecular weight is 207 g/mol. The number of rotatable bonds is 2. The summed E-state index contributed by atoms with van der Waals surface area (Å²) in [5.74, 6) is -0.922. The predicted molar refractivity (Wildman–Crippen MR) is 43.1 cm³/mol. The molecule has 12 heavy (non-hydrogen) atoms. The van der Waals surface area contributed by atoms with Gasteiger partial charge in [-0.15, -0.1) is 0 Å². The van der Waals surface area contributed by atoms with E-state index in [1.165, 1.54) is 0 Å². The molecule has 0 radical (unpaired) electrons. The van der Waals surface area contributed by atoms with Gasteiger partial charge in [0.25, 0.3) is 0 Å². The first kappa shape index (κ1) is 10.9. The molecule has 1 N–H and O–H groups in total. The van der Waals surface area contributed by atoms with Crippen molar-refractivity contribution < 1.29 is 26.4 Å². The second-order valence-corrected chi connectivity index (χ2v) is 2.08. The second-order valence-electron chi connectivity index (χ2n) is 2.08. The van der Waals surface area contributed by atoms with Crippen molar-refractivity contribution in [2.45, 2.75) is 0 Å². The number of aliphatic carboxylic acids is 1. The molecule has 0 atom stereocenters. The predicted octanol–water partition coefficient (Wildman–Crippen LogP) is 1.78. The van der Waals surface area contributed by atoms with E-state index < -0.39 is 5.97 Å². The van der Waals surface area contributed by atoms with Gasteiger partial charge in [0.15, 0.2) is 0 Å². The summed E-state index contributed by atoms with van der Waals surface area (Å²) in [6, 6.07) is 9.31. The van der Waals surface area contributed by atoms with Crippen LogP contribution in [0.25, 0.3) is 6.08 Å². The molecular formula is C9H8NiO2. The Morgan fingerprint density at radius 2 is 1.83 bits per heavy atom. The molecule has 0 heterocycles. The van der Waals surface area contributed by atoms with Gasteiger partial charge < -0.3 is 5.11 Å². The number of hydrogen-bond donors (Lipinski definition) is 1. The van der Waals surface area contributed by atoms with E-state index in [1.807, 2.05) is 30.3 Å². The molecule has 0 bridgehead atoms. The van der Waals surface area contributed by atoms with Crippen LogP contribution in [0, 0.1) is 0 Å². The van der Waals surface area contributed by atoms with E-state index in [0.29, 0.717) is 0 Å². The second kappa shape index (κ2) is 5.56. The quantitative estimate of drug-likeness (QED) is 0.592. The summed E-state index contributed by atoms with van der Waals surface area (Å²) in [5.41, 5.74) is 0.898. The molecule has 0 saturated carbocycles. The normalized spacial score (nSPS) is 9.33. The maximum Gasteiger partial charge on any atom is 0.328 e. The Labute approximate surface area is 80.8 Å². The van der Waals surface area contributed by atoms with Gasteiger partial charge in [-0.2, -0.15) is 0 Å². The smallest absolute Gasteiger partial charge is 0.328 e. The molecule has 0 aliphatic heterocycles. The topological polar surface area (TPSA) is 37.3 Å². The molecule has 0 fully saturated rings. The van der Waals surface area contributed by atoms with Gasteiger partial charge in [-0.3, -0.25) is 0 Å². The molecule has 1 aromatic carbocycles. The van der Waals surface area contributed by atoms with Crippen LogP contribution in [-0.2, 0) is 21.3 Å². The van der Waals surface area contributed by atoms with Crippen LogP contribution in [0.4, 0.5) is 0 Å². The van der Waals surface area contributed by atoms with Crippen LogP contribution in [0.3, 0.4) is 0 Å². The summed E-state index contributed by atoms with van der Waals surface area (Å²) in [6.45, 7) is 0. The Hall–Kier alpha value is -1.08. The summed E-state index contributed by atoms with van der Waals surface area (Å²) < 4.78 is 0. The Morgan fingerprint density at radius 3 is 2.33 bits per heavy atom. The molecular weight excluding hydrogens is 199 g/mol. The van der Waals surface area contributed by atoms with E-state index in [0.717, 1.165) is 11.6 Å². The number of hydrogen-bond acceptors (Lipinski definition) is 1. The van der Waals surface area contributed by atoms with E-state index in [-0.39, 0.29) is 16.5 Å². The van der Waals surface area contributed by atoms with Crippen molar-refractivity contribution in [1.29, 1.82) is 0 Å². The average Bonchev–Trinajstić information content (AvgIpc) is 2.03. The third kappa shape index (κ3) is 3.94. The fourth-order valence-electron chi connectivity index (χ4n) is 0.732. The first-order valence-corrected chi connectivity index (χ1v) is 3.25. The third-order valence-electron chi connectivity index (χ3n) is 1.22. The zero-order chi connectivity index (χ0) is 8.10. The zero-order valence-corrected chi connectivity index (χ0v) is 7.20. The van der Waals surface area contributed by atoms with Gasteiger partial charge in [0.05, 0.1) is 0 Å². The first-order chi connectivity index (χ1) is 5.29. The minimum absolute atomic E-state index is 0. The van der Waals surface area contributed by atoms with Crippen LogP contribution in [0.1, 0.15) is 5.56 Å². The summed E-state index contributed by atoms with van der Waals surface area (Å²) in [4.78, 5) is 10.1. The third-order valence-corrected chi connectivity index (χ3v) is 1.22. The summed E-state index contributed by atoms with van der Waals surface area (Å²) in [5, 5.41) is 8.29. The molecule has 0 amide bonds. The molecule has 66 valence electrons. The SMILES string of the molecule is O=C(O)/C=C/c1ccccc1.[Ni]. The Balaban J connectivity index is 0.00000121. The van der Waals surface area contributed by atoms with Gasteiger partial charge in [-0.1, -0.05) is 30.3 Å². The van der Waals surface area contributed by atoms with Crippen molar-refractivity contribution in [2.75, 3.05) is 0 Å². The van der Waals surface area contributed by atoms with E-state index >= 15 is 0 Å². The van der Waals surface area contributed by atoms with Crippen LogP contribution in [0.15, 0.2) is 36.4 Å². The Bertz CT molecular complexity index is 267.